The number of aromatic nitrogens is 3. The lowest BCUT2D eigenvalue weighted by atomic mass is 10.1. The zero-order valence-electron chi connectivity index (χ0n) is 19.2. The van der Waals surface area contributed by atoms with E-state index in [9.17, 15) is 0 Å². The predicted octanol–water partition coefficient (Wildman–Crippen LogP) is 2.26. The summed E-state index contributed by atoms with van der Waals surface area (Å²) in [6, 6.07) is 4.22. The Morgan fingerprint density at radius 3 is 2.66 bits per heavy atom. The Hall–Kier alpha value is -2.29. The molecule has 0 aliphatic carbocycles. The van der Waals surface area contributed by atoms with Crippen molar-refractivity contribution in [3.05, 3.63) is 29.6 Å². The molecule has 3 aliphatic rings. The largest absolute Gasteiger partial charge is 0.376 e. The molecular formula is C24H35N7O. The van der Waals surface area contributed by atoms with Crippen LogP contribution >= 0.6 is 0 Å². The number of fused-ring (bicyclic) bond motifs is 1. The molecule has 0 spiro atoms. The topological polar surface area (TPSA) is 69.7 Å². The number of nitrogens with one attached hydrogen (secondary N) is 1. The molecule has 172 valence electrons. The third-order valence-corrected chi connectivity index (χ3v) is 6.80. The van der Waals surface area contributed by atoms with Crippen LogP contribution in [0.15, 0.2) is 18.3 Å². The van der Waals surface area contributed by atoms with Crippen molar-refractivity contribution in [3.8, 4) is 11.4 Å². The summed E-state index contributed by atoms with van der Waals surface area (Å²) in [6.45, 7) is 10.1. The van der Waals surface area contributed by atoms with E-state index < -0.39 is 0 Å². The number of hydrogen-bond donors (Lipinski definition) is 1. The van der Waals surface area contributed by atoms with E-state index in [1.807, 2.05) is 6.20 Å². The molecule has 5 heterocycles. The maximum absolute atomic E-state index is 5.71. The van der Waals surface area contributed by atoms with E-state index >= 15 is 0 Å². The van der Waals surface area contributed by atoms with Crippen LogP contribution in [0.3, 0.4) is 0 Å². The van der Waals surface area contributed by atoms with Gasteiger partial charge in [-0.2, -0.15) is 0 Å². The lowest BCUT2D eigenvalue weighted by Crippen LogP contribution is -2.44. The van der Waals surface area contributed by atoms with Crippen LogP contribution < -0.4 is 10.2 Å². The predicted molar refractivity (Wildman–Crippen MR) is 127 cm³/mol. The minimum Gasteiger partial charge on any atom is -0.376 e. The lowest BCUT2D eigenvalue weighted by molar-refractivity contribution is 0.109. The van der Waals surface area contributed by atoms with E-state index in [1.165, 1.54) is 25.9 Å². The third-order valence-electron chi connectivity index (χ3n) is 6.80. The summed E-state index contributed by atoms with van der Waals surface area (Å²) in [5.41, 5.74) is 3.19. The summed E-state index contributed by atoms with van der Waals surface area (Å²) in [7, 11) is 2.17. The first kappa shape index (κ1) is 21.6. The van der Waals surface area contributed by atoms with Crippen LogP contribution in [0.1, 0.15) is 30.5 Å². The molecule has 8 nitrogen and oxygen atoms in total. The number of likely N-dealkylation sites (tertiary alicyclic amines) is 1. The summed E-state index contributed by atoms with van der Waals surface area (Å²) in [5.74, 6) is 2.72. The molecule has 0 radical (unpaired) electrons. The smallest absolute Gasteiger partial charge is 0.163 e. The first-order chi connectivity index (χ1) is 15.8. The van der Waals surface area contributed by atoms with Crippen molar-refractivity contribution in [1.29, 1.82) is 0 Å². The number of anilines is 2. The molecular weight excluding hydrogens is 402 g/mol. The molecule has 32 heavy (non-hydrogen) atoms. The standard InChI is InChI=1S/C24H35N7O/c1-29-12-14-31(15-13-29)22-6-5-19(17-26-22)23-27-21-7-16-32-18-20(21)24(28-23)25-8-4-11-30-9-2-3-10-30/h5-6,17H,2-4,7-16,18H2,1H3,(H,25,27,28). The van der Waals surface area contributed by atoms with Gasteiger partial charge >= 0.3 is 0 Å². The molecule has 0 atom stereocenters. The highest BCUT2D eigenvalue weighted by atomic mass is 16.5. The molecule has 5 rings (SSSR count). The normalized spacial score (nSPS) is 19.8. The van der Waals surface area contributed by atoms with Gasteiger partial charge < -0.3 is 24.8 Å². The molecule has 2 saturated heterocycles. The fraction of sp³-hybridized carbons (Fsp3) is 0.625. The second-order valence-electron chi connectivity index (χ2n) is 9.15. The lowest BCUT2D eigenvalue weighted by Gasteiger charge is -2.33. The van der Waals surface area contributed by atoms with Crippen LogP contribution in [-0.2, 0) is 17.8 Å². The second kappa shape index (κ2) is 10.1. The summed E-state index contributed by atoms with van der Waals surface area (Å²) in [6.07, 6.45) is 6.56. The van der Waals surface area contributed by atoms with Gasteiger partial charge in [0, 0.05) is 56.5 Å². The zero-order chi connectivity index (χ0) is 21.8. The summed E-state index contributed by atoms with van der Waals surface area (Å²) < 4.78 is 5.71. The van der Waals surface area contributed by atoms with Gasteiger partial charge in [-0.25, -0.2) is 15.0 Å². The molecule has 1 N–H and O–H groups in total. The monoisotopic (exact) mass is 437 g/mol. The molecule has 8 heteroatoms. The fourth-order valence-corrected chi connectivity index (χ4v) is 4.76. The molecule has 0 unspecified atom stereocenters. The molecule has 2 aromatic heterocycles. The van der Waals surface area contributed by atoms with Crippen molar-refractivity contribution in [2.24, 2.45) is 0 Å². The van der Waals surface area contributed by atoms with Crippen LogP contribution in [0.25, 0.3) is 11.4 Å². The number of ether oxygens (including phenoxy) is 1. The van der Waals surface area contributed by atoms with E-state index in [-0.39, 0.29) is 0 Å². The number of piperazine rings is 1. The summed E-state index contributed by atoms with van der Waals surface area (Å²) >= 11 is 0. The van der Waals surface area contributed by atoms with Gasteiger partial charge in [-0.1, -0.05) is 0 Å². The number of likely N-dealkylation sites (N-methyl/N-ethyl adjacent to an activating group) is 1. The quantitative estimate of drug-likeness (QED) is 0.662. The molecule has 3 aliphatic heterocycles. The van der Waals surface area contributed by atoms with E-state index in [4.69, 9.17) is 19.7 Å². The average molecular weight is 438 g/mol. The Morgan fingerprint density at radius 2 is 1.88 bits per heavy atom. The van der Waals surface area contributed by atoms with Crippen molar-refractivity contribution < 1.29 is 4.74 Å². The first-order valence-electron chi connectivity index (χ1n) is 12.1. The summed E-state index contributed by atoms with van der Waals surface area (Å²) in [5, 5.41) is 3.58. The highest BCUT2D eigenvalue weighted by Crippen LogP contribution is 2.27. The van der Waals surface area contributed by atoms with E-state index in [0.717, 1.165) is 93.0 Å². The maximum Gasteiger partial charge on any atom is 0.163 e. The summed E-state index contributed by atoms with van der Waals surface area (Å²) in [4.78, 5) is 21.8. The van der Waals surface area contributed by atoms with Gasteiger partial charge in [0.25, 0.3) is 0 Å². The molecule has 2 fully saturated rings. The van der Waals surface area contributed by atoms with Gasteiger partial charge in [0.2, 0.25) is 0 Å². The van der Waals surface area contributed by atoms with Gasteiger partial charge in [0.05, 0.1) is 18.9 Å². The maximum atomic E-state index is 5.71. The van der Waals surface area contributed by atoms with E-state index in [1.54, 1.807) is 0 Å². The Labute approximate surface area is 191 Å². The molecule has 2 aromatic rings. The van der Waals surface area contributed by atoms with Crippen LogP contribution in [0.2, 0.25) is 0 Å². The van der Waals surface area contributed by atoms with Crippen LogP contribution in [0, 0.1) is 0 Å². The van der Waals surface area contributed by atoms with Gasteiger partial charge in [-0.15, -0.1) is 0 Å². The fourth-order valence-electron chi connectivity index (χ4n) is 4.76. The zero-order valence-corrected chi connectivity index (χ0v) is 19.2. The Bertz CT molecular complexity index is 890. The molecule has 0 amide bonds. The third kappa shape index (κ3) is 5.03. The average Bonchev–Trinajstić information content (AvgIpc) is 3.36. The first-order valence-corrected chi connectivity index (χ1v) is 12.1. The molecule has 0 saturated carbocycles. The Kier molecular flexibility index (Phi) is 6.80. The minimum atomic E-state index is 0.588. The second-order valence-corrected chi connectivity index (χ2v) is 9.15. The van der Waals surface area contributed by atoms with Gasteiger partial charge in [0.15, 0.2) is 5.82 Å². The highest BCUT2D eigenvalue weighted by molar-refractivity contribution is 5.61. The van der Waals surface area contributed by atoms with Crippen LogP contribution in [-0.4, -0.2) is 90.8 Å². The van der Waals surface area contributed by atoms with Gasteiger partial charge in [0.1, 0.15) is 11.6 Å². The Morgan fingerprint density at radius 1 is 1.03 bits per heavy atom. The van der Waals surface area contributed by atoms with Crippen molar-refractivity contribution in [2.45, 2.75) is 32.3 Å². The van der Waals surface area contributed by atoms with E-state index in [0.29, 0.717) is 6.61 Å². The highest BCUT2D eigenvalue weighted by Gasteiger charge is 2.20. The number of pyridine rings is 1. The van der Waals surface area contributed by atoms with Crippen molar-refractivity contribution >= 4 is 11.6 Å². The van der Waals surface area contributed by atoms with Crippen LogP contribution in [0.4, 0.5) is 11.6 Å². The van der Waals surface area contributed by atoms with Crippen LogP contribution in [0.5, 0.6) is 0 Å². The molecule has 0 bridgehead atoms. The van der Waals surface area contributed by atoms with Gasteiger partial charge in [-0.05, 0) is 58.1 Å². The molecule has 0 aromatic carbocycles. The number of hydrogen-bond acceptors (Lipinski definition) is 8. The van der Waals surface area contributed by atoms with Crippen molar-refractivity contribution in [2.75, 3.05) is 76.2 Å². The van der Waals surface area contributed by atoms with E-state index in [2.05, 4.69) is 39.2 Å². The number of rotatable bonds is 7. The van der Waals surface area contributed by atoms with Gasteiger partial charge in [-0.3, -0.25) is 0 Å². The Balaban J connectivity index is 1.29. The number of nitrogens with zero attached hydrogens (tertiary/aromatic N) is 6. The van der Waals surface area contributed by atoms with Crippen molar-refractivity contribution in [3.63, 3.8) is 0 Å². The van der Waals surface area contributed by atoms with Crippen molar-refractivity contribution in [1.82, 2.24) is 24.8 Å². The minimum absolute atomic E-state index is 0.588. The SMILES string of the molecule is CN1CCN(c2ccc(-c3nc4c(c(NCCCN5CCCC5)n3)COCC4)cn2)CC1.